The molecule has 0 aliphatic carbocycles. The molecule has 39 heavy (non-hydrogen) atoms. The number of hydrogen-bond acceptors (Lipinski definition) is 4. The number of hydrogen-bond donors (Lipinski definition) is 3. The largest absolute Gasteiger partial charge is 0.497 e. The predicted molar refractivity (Wildman–Crippen MR) is 141 cm³/mol. The molecule has 3 N–H and O–H groups in total. The number of nitrogens with one attached hydrogen (secondary N) is 2. The van der Waals surface area contributed by atoms with Gasteiger partial charge in [0, 0.05) is 48.0 Å². The minimum Gasteiger partial charge on any atom is -0.497 e. The van der Waals surface area contributed by atoms with Gasteiger partial charge < -0.3 is 29.9 Å². The molecule has 0 saturated carbocycles. The quantitative estimate of drug-likeness (QED) is 0.362. The van der Waals surface area contributed by atoms with E-state index in [4.69, 9.17) is 4.74 Å². The van der Waals surface area contributed by atoms with Gasteiger partial charge in [-0.05, 0) is 54.1 Å². The first-order valence-electron chi connectivity index (χ1n) is 12.5. The number of methoxy groups -OCH3 is 1. The highest BCUT2D eigenvalue weighted by atomic mass is 19.1. The van der Waals surface area contributed by atoms with Gasteiger partial charge >= 0.3 is 6.03 Å². The van der Waals surface area contributed by atoms with Crippen LogP contribution in [0.5, 0.6) is 5.75 Å². The zero-order valence-corrected chi connectivity index (χ0v) is 21.1. The van der Waals surface area contributed by atoms with Gasteiger partial charge in [-0.15, -0.1) is 0 Å². The number of nitrogens with zero attached hydrogens (tertiary/aromatic N) is 2. The highest BCUT2D eigenvalue weighted by molar-refractivity contribution is 5.97. The number of aromatic nitrogens is 1. The van der Waals surface area contributed by atoms with Crippen LogP contribution in [0, 0.1) is 11.6 Å². The number of aliphatic hydroxyl groups excluding tert-OH is 1. The highest BCUT2D eigenvalue weighted by Gasteiger charge is 2.55. The van der Waals surface area contributed by atoms with Crippen LogP contribution in [0.4, 0.5) is 19.3 Å². The summed E-state index contributed by atoms with van der Waals surface area (Å²) in [4.78, 5) is 33.2. The first-order valence-corrected chi connectivity index (χ1v) is 12.5. The molecule has 2 aliphatic rings. The number of anilines is 1. The molecule has 4 aromatic rings. The summed E-state index contributed by atoms with van der Waals surface area (Å²) >= 11 is 0. The Morgan fingerprint density at radius 3 is 2.51 bits per heavy atom. The third-order valence-corrected chi connectivity index (χ3v) is 7.66. The van der Waals surface area contributed by atoms with Crippen LogP contribution >= 0.6 is 0 Å². The molecular weight excluding hydrogens is 506 g/mol. The smallest absolute Gasteiger partial charge is 0.322 e. The first kappa shape index (κ1) is 24.9. The summed E-state index contributed by atoms with van der Waals surface area (Å²) in [6.07, 6.45) is 0. The lowest BCUT2D eigenvalue weighted by molar-refractivity contribution is 0.0134. The molecule has 0 radical (unpaired) electrons. The predicted octanol–water partition coefficient (Wildman–Crippen LogP) is 4.43. The van der Waals surface area contributed by atoms with E-state index in [9.17, 15) is 23.5 Å². The Morgan fingerprint density at radius 2 is 1.82 bits per heavy atom. The van der Waals surface area contributed by atoms with Crippen LogP contribution in [0.3, 0.4) is 0 Å². The minimum absolute atomic E-state index is 0.00816. The van der Waals surface area contributed by atoms with E-state index in [1.54, 1.807) is 18.1 Å². The van der Waals surface area contributed by atoms with Gasteiger partial charge in [-0.2, -0.15) is 0 Å². The maximum atomic E-state index is 14.4. The van der Waals surface area contributed by atoms with Crippen molar-refractivity contribution in [3.05, 3.63) is 95.2 Å². The van der Waals surface area contributed by atoms with Crippen molar-refractivity contribution in [2.24, 2.45) is 0 Å². The Morgan fingerprint density at radius 1 is 1.08 bits per heavy atom. The van der Waals surface area contributed by atoms with Gasteiger partial charge in [0.25, 0.3) is 5.91 Å². The van der Waals surface area contributed by atoms with E-state index < -0.39 is 35.0 Å². The van der Waals surface area contributed by atoms with Crippen molar-refractivity contribution < 1.29 is 28.2 Å². The molecule has 3 amide bonds. The average Bonchev–Trinajstić information content (AvgIpc) is 3.31. The zero-order valence-electron chi connectivity index (χ0n) is 21.1. The Balaban J connectivity index is 1.39. The number of carbonyl (C=O) groups excluding carboxylic acids is 2. The van der Waals surface area contributed by atoms with E-state index in [0.717, 1.165) is 16.5 Å². The second-order valence-corrected chi connectivity index (χ2v) is 10.0. The van der Waals surface area contributed by atoms with Gasteiger partial charge in [-0.3, -0.25) is 4.79 Å². The van der Waals surface area contributed by atoms with Gasteiger partial charge in [-0.1, -0.05) is 12.1 Å². The molecule has 3 heterocycles. The number of urea groups is 1. The number of ether oxygens (including phenoxy) is 1. The lowest BCUT2D eigenvalue weighted by atomic mass is 9.68. The summed E-state index contributed by atoms with van der Waals surface area (Å²) in [5.41, 5.74) is 2.10. The summed E-state index contributed by atoms with van der Waals surface area (Å²) in [6, 6.07) is 15.7. The lowest BCUT2D eigenvalue weighted by Gasteiger charge is -2.56. The molecular formula is C29H26F2N4O4. The topological polar surface area (TPSA) is 97.9 Å². The van der Waals surface area contributed by atoms with E-state index >= 15 is 0 Å². The van der Waals surface area contributed by atoms with Crippen LogP contribution in [0.2, 0.25) is 0 Å². The van der Waals surface area contributed by atoms with Gasteiger partial charge in [0.1, 0.15) is 17.4 Å². The first-order chi connectivity index (χ1) is 18.8. The fourth-order valence-corrected chi connectivity index (χ4v) is 5.84. The molecule has 0 bridgehead atoms. The molecule has 1 fully saturated rings. The van der Waals surface area contributed by atoms with Gasteiger partial charge in [0.15, 0.2) is 0 Å². The summed E-state index contributed by atoms with van der Waals surface area (Å²) < 4.78 is 33.2. The van der Waals surface area contributed by atoms with Gasteiger partial charge in [0.2, 0.25) is 0 Å². The molecule has 0 unspecified atom stereocenters. The molecule has 6 rings (SSSR count). The third-order valence-electron chi connectivity index (χ3n) is 7.66. The number of rotatable bonds is 4. The van der Waals surface area contributed by atoms with Crippen LogP contribution in [0.1, 0.15) is 27.7 Å². The van der Waals surface area contributed by atoms with Crippen molar-refractivity contribution in [1.29, 1.82) is 0 Å². The molecule has 10 heteroatoms. The van der Waals surface area contributed by atoms with E-state index in [2.05, 4.69) is 10.3 Å². The molecule has 1 atom stereocenters. The fraction of sp³-hybridized carbons (Fsp3) is 0.241. The monoisotopic (exact) mass is 532 g/mol. The molecule has 1 aromatic heterocycles. The van der Waals surface area contributed by atoms with Crippen molar-refractivity contribution in [3.63, 3.8) is 0 Å². The fourth-order valence-electron chi connectivity index (χ4n) is 5.84. The van der Waals surface area contributed by atoms with Crippen molar-refractivity contribution in [2.45, 2.75) is 11.5 Å². The molecule has 8 nitrogen and oxygen atoms in total. The third kappa shape index (κ3) is 4.08. The highest BCUT2D eigenvalue weighted by Crippen LogP contribution is 2.49. The number of aromatic amines is 1. The number of aliphatic hydroxyl groups is 1. The second kappa shape index (κ2) is 9.39. The van der Waals surface area contributed by atoms with E-state index in [-0.39, 0.29) is 31.8 Å². The Bertz CT molecular complexity index is 1580. The second-order valence-electron chi connectivity index (χ2n) is 10.0. The number of likely N-dealkylation sites (tertiary alicyclic amines) is 1. The summed E-state index contributed by atoms with van der Waals surface area (Å²) in [7, 11) is 1.57. The van der Waals surface area contributed by atoms with Crippen molar-refractivity contribution in [1.82, 2.24) is 14.8 Å². The maximum Gasteiger partial charge on any atom is 0.322 e. The normalized spacial score (nSPS) is 17.6. The number of amides is 3. The van der Waals surface area contributed by atoms with Gasteiger partial charge in [-0.25, -0.2) is 13.6 Å². The van der Waals surface area contributed by atoms with Crippen molar-refractivity contribution >= 4 is 28.5 Å². The standard InChI is InChI=1S/C29H26F2N4O4/c1-39-19-10-11-21-23(12-19)33-26-24(13-36)35(28(38)32-18-8-6-17(30)7-9-18)16-29(25(21)26)14-34(15-29)27(37)20-4-2-3-5-22(20)31/h2-12,24,33,36H,13-16H2,1H3,(H,32,38)/t24-/m1/s1. The average molecular weight is 533 g/mol. The van der Waals surface area contributed by atoms with Crippen LogP contribution in [-0.4, -0.2) is 65.2 Å². The van der Waals surface area contributed by atoms with Crippen LogP contribution in [-0.2, 0) is 5.41 Å². The summed E-state index contributed by atoms with van der Waals surface area (Å²) in [5.74, 6) is -0.794. The Kier molecular flexibility index (Phi) is 5.99. The molecule has 1 saturated heterocycles. The van der Waals surface area contributed by atoms with E-state index in [0.29, 0.717) is 17.1 Å². The van der Waals surface area contributed by atoms with Crippen LogP contribution in [0.15, 0.2) is 66.7 Å². The van der Waals surface area contributed by atoms with Crippen LogP contribution < -0.4 is 10.1 Å². The molecule has 3 aromatic carbocycles. The minimum atomic E-state index is -0.694. The van der Waals surface area contributed by atoms with Crippen molar-refractivity contribution in [3.8, 4) is 5.75 Å². The number of fused-ring (bicyclic) bond motifs is 4. The van der Waals surface area contributed by atoms with E-state index in [1.165, 1.54) is 47.4 Å². The van der Waals surface area contributed by atoms with Crippen molar-refractivity contribution in [2.75, 3.05) is 38.7 Å². The van der Waals surface area contributed by atoms with Gasteiger partial charge in [0.05, 0.1) is 30.7 Å². The molecule has 1 spiro atoms. The maximum absolute atomic E-state index is 14.4. The number of halogens is 2. The van der Waals surface area contributed by atoms with Crippen LogP contribution in [0.25, 0.3) is 10.9 Å². The summed E-state index contributed by atoms with van der Waals surface area (Å²) in [5, 5.41) is 14.1. The number of carbonyl (C=O) groups is 2. The number of H-pyrrole nitrogens is 1. The Hall–Kier alpha value is -4.44. The van der Waals surface area contributed by atoms with E-state index in [1.807, 2.05) is 18.2 Å². The lowest BCUT2D eigenvalue weighted by Crippen LogP contribution is -2.68. The number of benzene rings is 3. The molecule has 2 aliphatic heterocycles. The summed E-state index contributed by atoms with van der Waals surface area (Å²) in [6.45, 7) is 0.370. The zero-order chi connectivity index (χ0) is 27.3. The Labute approximate surface area is 222 Å². The SMILES string of the molecule is COc1ccc2c3c([nH]c2c1)[C@@H](CO)N(C(=O)Nc1ccc(F)cc1)CC31CN(C(=O)c2ccccc2F)C1. The molecule has 200 valence electrons.